The predicted octanol–water partition coefficient (Wildman–Crippen LogP) is 3.41. The van der Waals surface area contributed by atoms with Crippen molar-refractivity contribution in [3.63, 3.8) is 0 Å². The Bertz CT molecular complexity index is 620. The summed E-state index contributed by atoms with van der Waals surface area (Å²) in [6, 6.07) is 8.29. The van der Waals surface area contributed by atoms with Gasteiger partial charge in [0.2, 0.25) is 5.95 Å². The first kappa shape index (κ1) is 14.8. The topological polar surface area (TPSA) is 53.9 Å². The summed E-state index contributed by atoms with van der Waals surface area (Å²) in [5.74, 6) is 2.28. The molecule has 5 heteroatoms. The van der Waals surface area contributed by atoms with E-state index in [1.54, 1.807) is 6.20 Å². The van der Waals surface area contributed by atoms with Crippen LogP contribution >= 0.6 is 0 Å². The zero-order valence-corrected chi connectivity index (χ0v) is 13.3. The van der Waals surface area contributed by atoms with Gasteiger partial charge in [-0.15, -0.1) is 5.10 Å². The maximum atomic E-state index is 4.63. The fourth-order valence-electron chi connectivity index (χ4n) is 2.79. The molecule has 2 aromatic rings. The predicted molar refractivity (Wildman–Crippen MR) is 89.5 cm³/mol. The van der Waals surface area contributed by atoms with Crippen LogP contribution in [-0.2, 0) is 6.42 Å². The highest BCUT2D eigenvalue weighted by Crippen LogP contribution is 2.23. The molecular weight excluding hydrogens is 274 g/mol. The SMILES string of the molecule is CCc1ccccc1Nc1cnnc(N2CCC(C)CC2)n1. The molecule has 0 aliphatic carbocycles. The fourth-order valence-corrected chi connectivity index (χ4v) is 2.79. The number of aromatic nitrogens is 3. The molecule has 1 aromatic heterocycles. The molecule has 0 atom stereocenters. The van der Waals surface area contributed by atoms with Gasteiger partial charge in [0, 0.05) is 18.8 Å². The molecule has 0 radical (unpaired) electrons. The third-order valence-electron chi connectivity index (χ3n) is 4.28. The van der Waals surface area contributed by atoms with E-state index in [9.17, 15) is 0 Å². The second kappa shape index (κ2) is 6.73. The van der Waals surface area contributed by atoms with E-state index in [0.29, 0.717) is 0 Å². The van der Waals surface area contributed by atoms with E-state index >= 15 is 0 Å². The number of nitrogens with one attached hydrogen (secondary N) is 1. The van der Waals surface area contributed by atoms with Gasteiger partial charge in [-0.2, -0.15) is 10.1 Å². The Morgan fingerprint density at radius 2 is 2.00 bits per heavy atom. The molecule has 0 spiro atoms. The van der Waals surface area contributed by atoms with Crippen LogP contribution in [0.3, 0.4) is 0 Å². The smallest absolute Gasteiger partial charge is 0.247 e. The van der Waals surface area contributed by atoms with Crippen molar-refractivity contribution in [2.45, 2.75) is 33.1 Å². The van der Waals surface area contributed by atoms with E-state index in [0.717, 1.165) is 42.9 Å². The molecule has 1 aliphatic heterocycles. The molecule has 1 N–H and O–H groups in total. The lowest BCUT2D eigenvalue weighted by molar-refractivity contribution is 0.433. The van der Waals surface area contributed by atoms with E-state index in [4.69, 9.17) is 0 Å². The molecule has 0 bridgehead atoms. The Morgan fingerprint density at radius 3 is 2.77 bits per heavy atom. The highest BCUT2D eigenvalue weighted by Gasteiger charge is 2.18. The third kappa shape index (κ3) is 3.35. The van der Waals surface area contributed by atoms with Crippen molar-refractivity contribution in [1.82, 2.24) is 15.2 Å². The van der Waals surface area contributed by atoms with Gasteiger partial charge >= 0.3 is 0 Å². The van der Waals surface area contributed by atoms with Gasteiger partial charge in [0.05, 0.1) is 6.20 Å². The minimum absolute atomic E-state index is 0.728. The zero-order chi connectivity index (χ0) is 15.4. The third-order valence-corrected chi connectivity index (χ3v) is 4.28. The van der Waals surface area contributed by atoms with Gasteiger partial charge in [-0.3, -0.25) is 0 Å². The summed E-state index contributed by atoms with van der Waals surface area (Å²) in [5, 5.41) is 11.7. The van der Waals surface area contributed by atoms with Crippen LogP contribution in [-0.4, -0.2) is 28.3 Å². The lowest BCUT2D eigenvalue weighted by Gasteiger charge is -2.29. The zero-order valence-electron chi connectivity index (χ0n) is 13.3. The van der Waals surface area contributed by atoms with Crippen LogP contribution in [0.25, 0.3) is 0 Å². The van der Waals surface area contributed by atoms with Crippen LogP contribution in [0.5, 0.6) is 0 Å². The van der Waals surface area contributed by atoms with Crippen LogP contribution in [0.2, 0.25) is 0 Å². The Morgan fingerprint density at radius 1 is 1.23 bits per heavy atom. The number of rotatable bonds is 4. The van der Waals surface area contributed by atoms with E-state index in [1.807, 2.05) is 6.07 Å². The van der Waals surface area contributed by atoms with Gasteiger partial charge in [-0.25, -0.2) is 0 Å². The largest absolute Gasteiger partial charge is 0.339 e. The van der Waals surface area contributed by atoms with E-state index < -0.39 is 0 Å². The van der Waals surface area contributed by atoms with Gasteiger partial charge in [-0.05, 0) is 36.8 Å². The Kier molecular flexibility index (Phi) is 4.51. The first-order valence-corrected chi connectivity index (χ1v) is 8.06. The fraction of sp³-hybridized carbons (Fsp3) is 0.471. The van der Waals surface area contributed by atoms with Crippen LogP contribution in [0.4, 0.5) is 17.5 Å². The minimum atomic E-state index is 0.728. The van der Waals surface area contributed by atoms with Crippen molar-refractivity contribution in [1.29, 1.82) is 0 Å². The van der Waals surface area contributed by atoms with Gasteiger partial charge in [-0.1, -0.05) is 32.0 Å². The van der Waals surface area contributed by atoms with Gasteiger partial charge in [0.25, 0.3) is 0 Å². The van der Waals surface area contributed by atoms with Crippen LogP contribution in [0.1, 0.15) is 32.3 Å². The summed E-state index contributed by atoms with van der Waals surface area (Å²) in [6.07, 6.45) is 5.06. The van der Waals surface area contributed by atoms with Gasteiger partial charge in [0.15, 0.2) is 5.82 Å². The van der Waals surface area contributed by atoms with Gasteiger partial charge in [0.1, 0.15) is 0 Å². The first-order chi connectivity index (χ1) is 10.8. The molecule has 5 nitrogen and oxygen atoms in total. The molecule has 1 aromatic carbocycles. The van der Waals surface area contributed by atoms with Crippen molar-refractivity contribution in [2.24, 2.45) is 5.92 Å². The quantitative estimate of drug-likeness (QED) is 0.937. The number of anilines is 3. The number of benzene rings is 1. The Hall–Kier alpha value is -2.17. The Labute approximate surface area is 131 Å². The number of aryl methyl sites for hydroxylation is 1. The lowest BCUT2D eigenvalue weighted by atomic mass is 10.00. The molecular formula is C17H23N5. The average Bonchev–Trinajstić information content (AvgIpc) is 2.56. The number of hydrogen-bond donors (Lipinski definition) is 1. The normalized spacial score (nSPS) is 15.8. The second-order valence-electron chi connectivity index (χ2n) is 5.95. The van der Waals surface area contributed by atoms with E-state index in [2.05, 4.69) is 57.4 Å². The van der Waals surface area contributed by atoms with Crippen molar-refractivity contribution >= 4 is 17.5 Å². The minimum Gasteiger partial charge on any atom is -0.339 e. The summed E-state index contributed by atoms with van der Waals surface area (Å²) in [7, 11) is 0. The molecule has 1 fully saturated rings. The summed E-state index contributed by atoms with van der Waals surface area (Å²) < 4.78 is 0. The highest BCUT2D eigenvalue weighted by molar-refractivity contribution is 5.60. The highest BCUT2D eigenvalue weighted by atomic mass is 15.3. The maximum absolute atomic E-state index is 4.63. The Balaban J connectivity index is 1.76. The molecule has 22 heavy (non-hydrogen) atoms. The molecule has 1 saturated heterocycles. The van der Waals surface area contributed by atoms with Crippen LogP contribution < -0.4 is 10.2 Å². The summed E-state index contributed by atoms with van der Waals surface area (Å²) >= 11 is 0. The summed E-state index contributed by atoms with van der Waals surface area (Å²) in [6.45, 7) is 6.48. The van der Waals surface area contributed by atoms with E-state index in [1.165, 1.54) is 18.4 Å². The average molecular weight is 297 g/mol. The lowest BCUT2D eigenvalue weighted by Crippen LogP contribution is -2.34. The van der Waals surface area contributed by atoms with Crippen molar-refractivity contribution < 1.29 is 0 Å². The van der Waals surface area contributed by atoms with Crippen LogP contribution in [0.15, 0.2) is 30.5 Å². The first-order valence-electron chi connectivity index (χ1n) is 8.06. The van der Waals surface area contributed by atoms with Crippen molar-refractivity contribution in [3.8, 4) is 0 Å². The molecule has 3 rings (SSSR count). The van der Waals surface area contributed by atoms with Gasteiger partial charge < -0.3 is 10.2 Å². The molecule has 2 heterocycles. The summed E-state index contributed by atoms with van der Waals surface area (Å²) in [5.41, 5.74) is 2.36. The number of para-hydroxylation sites is 1. The van der Waals surface area contributed by atoms with Crippen molar-refractivity contribution in [3.05, 3.63) is 36.0 Å². The number of piperidine rings is 1. The maximum Gasteiger partial charge on any atom is 0.247 e. The standard InChI is InChI=1S/C17H23N5/c1-3-14-6-4-5-7-15(14)19-16-12-18-21-17(20-16)22-10-8-13(2)9-11-22/h4-7,12-13H,3,8-11H2,1-2H3,(H,19,20,21). The molecule has 0 amide bonds. The molecule has 1 aliphatic rings. The number of hydrogen-bond acceptors (Lipinski definition) is 5. The van der Waals surface area contributed by atoms with Crippen LogP contribution in [0, 0.1) is 5.92 Å². The van der Waals surface area contributed by atoms with E-state index in [-0.39, 0.29) is 0 Å². The number of nitrogens with zero attached hydrogens (tertiary/aromatic N) is 4. The molecule has 0 saturated carbocycles. The second-order valence-corrected chi connectivity index (χ2v) is 5.95. The van der Waals surface area contributed by atoms with Crippen molar-refractivity contribution in [2.75, 3.05) is 23.3 Å². The summed E-state index contributed by atoms with van der Waals surface area (Å²) in [4.78, 5) is 6.86. The monoisotopic (exact) mass is 297 g/mol. The molecule has 116 valence electrons. The molecule has 0 unspecified atom stereocenters.